The largest absolute Gasteiger partial charge is 0.497 e. The van der Waals surface area contributed by atoms with Gasteiger partial charge in [0.2, 0.25) is 0 Å². The molecule has 1 aliphatic carbocycles. The lowest BCUT2D eigenvalue weighted by Crippen LogP contribution is -2.36. The number of rotatable bonds is 4. The maximum Gasteiger partial charge on any atom is 0.132 e. The average molecular weight is 297 g/mol. The molecule has 2 rings (SSSR count). The predicted octanol–water partition coefficient (Wildman–Crippen LogP) is 3.28. The van der Waals surface area contributed by atoms with Crippen LogP contribution >= 0.6 is 11.6 Å². The molecule has 0 unspecified atom stereocenters. The monoisotopic (exact) mass is 296 g/mol. The second-order valence-electron chi connectivity index (χ2n) is 5.48. The molecule has 1 fully saturated rings. The number of aliphatic hydroxyl groups is 1. The van der Waals surface area contributed by atoms with Gasteiger partial charge < -0.3 is 9.84 Å². The van der Waals surface area contributed by atoms with Gasteiger partial charge in [0.1, 0.15) is 11.5 Å². The molecule has 1 aliphatic rings. The van der Waals surface area contributed by atoms with Crippen LogP contribution in [0.5, 0.6) is 5.75 Å². The highest BCUT2D eigenvalue weighted by molar-refractivity contribution is 6.32. The van der Waals surface area contributed by atoms with Crippen molar-refractivity contribution in [3.63, 3.8) is 0 Å². The fraction of sp³-hybridized carbons (Fsp3) is 0.562. The van der Waals surface area contributed by atoms with Crippen molar-refractivity contribution >= 4 is 17.4 Å². The number of ketones is 1. The first-order valence-corrected chi connectivity index (χ1v) is 7.43. The molecule has 1 N–H and O–H groups in total. The lowest BCUT2D eigenvalue weighted by Gasteiger charge is -2.36. The van der Waals surface area contributed by atoms with Crippen LogP contribution in [0.2, 0.25) is 5.02 Å². The van der Waals surface area contributed by atoms with E-state index in [1.807, 2.05) is 19.1 Å². The zero-order valence-electron chi connectivity index (χ0n) is 12.0. The molecule has 0 radical (unpaired) electrons. The number of benzene rings is 1. The molecule has 1 aromatic carbocycles. The second-order valence-corrected chi connectivity index (χ2v) is 5.86. The number of hydrogen-bond donors (Lipinski definition) is 1. The molecule has 0 spiro atoms. The van der Waals surface area contributed by atoms with Crippen LogP contribution < -0.4 is 4.74 Å². The molecule has 0 heterocycles. The van der Waals surface area contributed by atoms with Crippen molar-refractivity contribution in [3.8, 4) is 5.75 Å². The summed E-state index contributed by atoms with van der Waals surface area (Å²) in [5.41, 5.74) is 1.53. The predicted molar refractivity (Wildman–Crippen MR) is 79.6 cm³/mol. The molecular weight excluding hydrogens is 276 g/mol. The van der Waals surface area contributed by atoms with E-state index in [1.165, 1.54) is 0 Å². The van der Waals surface area contributed by atoms with Gasteiger partial charge >= 0.3 is 0 Å². The van der Waals surface area contributed by atoms with E-state index in [9.17, 15) is 9.90 Å². The fourth-order valence-electron chi connectivity index (χ4n) is 2.94. The number of carbonyl (C=O) groups excluding carboxylic acids is 1. The van der Waals surface area contributed by atoms with Crippen LogP contribution in [-0.2, 0) is 16.6 Å². The summed E-state index contributed by atoms with van der Waals surface area (Å²) < 4.78 is 5.35. The number of hydrogen-bond acceptors (Lipinski definition) is 3. The average Bonchev–Trinajstić information content (AvgIpc) is 2.49. The second kappa shape index (κ2) is 6.15. The SMILES string of the molecule is CCc1cc(OC)cc(C2(CO)CCC(=O)CC2)c1Cl. The molecule has 0 aromatic heterocycles. The molecule has 0 amide bonds. The van der Waals surface area contributed by atoms with Gasteiger partial charge in [-0.05, 0) is 42.5 Å². The zero-order valence-corrected chi connectivity index (χ0v) is 12.8. The van der Waals surface area contributed by atoms with E-state index >= 15 is 0 Å². The van der Waals surface area contributed by atoms with Gasteiger partial charge in [-0.15, -0.1) is 0 Å². The van der Waals surface area contributed by atoms with Gasteiger partial charge in [-0.3, -0.25) is 4.79 Å². The van der Waals surface area contributed by atoms with Crippen LogP contribution in [0.1, 0.15) is 43.7 Å². The lowest BCUT2D eigenvalue weighted by atomic mass is 9.69. The van der Waals surface area contributed by atoms with Crippen LogP contribution in [0.4, 0.5) is 0 Å². The van der Waals surface area contributed by atoms with E-state index in [4.69, 9.17) is 16.3 Å². The number of halogens is 1. The summed E-state index contributed by atoms with van der Waals surface area (Å²) in [4.78, 5) is 11.5. The Balaban J connectivity index is 2.51. The van der Waals surface area contributed by atoms with E-state index in [0.29, 0.717) is 30.7 Å². The van der Waals surface area contributed by atoms with Gasteiger partial charge in [0, 0.05) is 23.3 Å². The Kier molecular flexibility index (Phi) is 4.71. The molecule has 3 nitrogen and oxygen atoms in total. The first kappa shape index (κ1) is 15.3. The van der Waals surface area contributed by atoms with E-state index in [-0.39, 0.29) is 12.4 Å². The van der Waals surface area contributed by atoms with Gasteiger partial charge in [-0.25, -0.2) is 0 Å². The molecule has 1 aromatic rings. The summed E-state index contributed by atoms with van der Waals surface area (Å²) in [6.45, 7) is 2.05. The number of methoxy groups -OCH3 is 1. The molecule has 1 saturated carbocycles. The topological polar surface area (TPSA) is 46.5 Å². The van der Waals surface area contributed by atoms with Crippen LogP contribution in [0.25, 0.3) is 0 Å². The number of ether oxygens (including phenoxy) is 1. The Morgan fingerprint density at radius 3 is 2.50 bits per heavy atom. The van der Waals surface area contributed by atoms with Crippen molar-refractivity contribution in [2.24, 2.45) is 0 Å². The first-order chi connectivity index (χ1) is 9.56. The third-order valence-electron chi connectivity index (χ3n) is 4.38. The Bertz CT molecular complexity index is 501. The number of aryl methyl sites for hydroxylation is 1. The minimum absolute atomic E-state index is 0.0102. The molecule has 0 bridgehead atoms. The molecule has 0 aliphatic heterocycles. The van der Waals surface area contributed by atoms with Crippen molar-refractivity contribution in [1.29, 1.82) is 0 Å². The molecule has 20 heavy (non-hydrogen) atoms. The molecule has 4 heteroatoms. The van der Waals surface area contributed by atoms with Crippen molar-refractivity contribution in [2.45, 2.75) is 44.4 Å². The Labute approximate surface area is 124 Å². The molecular formula is C16H21ClO3. The van der Waals surface area contributed by atoms with Gasteiger partial charge in [-0.1, -0.05) is 18.5 Å². The summed E-state index contributed by atoms with van der Waals surface area (Å²) in [6.07, 6.45) is 3.13. The smallest absolute Gasteiger partial charge is 0.132 e. The summed E-state index contributed by atoms with van der Waals surface area (Å²) in [6, 6.07) is 3.85. The highest BCUT2D eigenvalue weighted by atomic mass is 35.5. The van der Waals surface area contributed by atoms with Crippen molar-refractivity contribution in [3.05, 3.63) is 28.3 Å². The zero-order chi connectivity index (χ0) is 14.8. The Morgan fingerprint density at radius 2 is 2.00 bits per heavy atom. The third kappa shape index (κ3) is 2.70. The van der Waals surface area contributed by atoms with Crippen LogP contribution in [-0.4, -0.2) is 24.6 Å². The van der Waals surface area contributed by atoms with Gasteiger partial charge in [0.15, 0.2) is 0 Å². The molecule has 110 valence electrons. The number of Topliss-reactive ketones (excluding diaryl/α,β-unsaturated/α-hetero) is 1. The maximum absolute atomic E-state index is 11.5. The molecule has 0 atom stereocenters. The minimum atomic E-state index is -0.413. The van der Waals surface area contributed by atoms with Crippen molar-refractivity contribution in [2.75, 3.05) is 13.7 Å². The van der Waals surface area contributed by atoms with Gasteiger partial charge in [0.25, 0.3) is 0 Å². The highest BCUT2D eigenvalue weighted by Crippen LogP contribution is 2.43. The summed E-state index contributed by atoms with van der Waals surface area (Å²) in [5.74, 6) is 1.02. The summed E-state index contributed by atoms with van der Waals surface area (Å²) in [7, 11) is 1.63. The lowest BCUT2D eigenvalue weighted by molar-refractivity contribution is -0.121. The standard InChI is InChI=1S/C16H21ClO3/c1-3-11-8-13(20-2)9-14(15(11)17)16(10-18)6-4-12(19)5-7-16/h8-9,18H,3-7,10H2,1-2H3. The number of aliphatic hydroxyl groups excluding tert-OH is 1. The first-order valence-electron chi connectivity index (χ1n) is 7.05. The van der Waals surface area contributed by atoms with E-state index < -0.39 is 5.41 Å². The van der Waals surface area contributed by atoms with Crippen molar-refractivity contribution < 1.29 is 14.6 Å². The Hall–Kier alpha value is -1.06. The van der Waals surface area contributed by atoms with Gasteiger partial charge in [0.05, 0.1) is 13.7 Å². The van der Waals surface area contributed by atoms with Gasteiger partial charge in [-0.2, -0.15) is 0 Å². The Morgan fingerprint density at radius 1 is 1.35 bits per heavy atom. The molecule has 0 saturated heterocycles. The van der Waals surface area contributed by atoms with Crippen LogP contribution in [0.15, 0.2) is 12.1 Å². The van der Waals surface area contributed by atoms with Crippen LogP contribution in [0, 0.1) is 0 Å². The van der Waals surface area contributed by atoms with Crippen LogP contribution in [0.3, 0.4) is 0 Å². The van der Waals surface area contributed by atoms with Crippen molar-refractivity contribution in [1.82, 2.24) is 0 Å². The normalized spacial score (nSPS) is 18.1. The maximum atomic E-state index is 11.5. The van der Waals surface area contributed by atoms with E-state index in [2.05, 4.69) is 0 Å². The minimum Gasteiger partial charge on any atom is -0.497 e. The third-order valence-corrected chi connectivity index (χ3v) is 4.82. The quantitative estimate of drug-likeness (QED) is 0.927. The summed E-state index contributed by atoms with van der Waals surface area (Å²) >= 11 is 6.52. The summed E-state index contributed by atoms with van der Waals surface area (Å²) in [5, 5.41) is 10.6. The van der Waals surface area contributed by atoms with E-state index in [1.54, 1.807) is 7.11 Å². The van der Waals surface area contributed by atoms with E-state index in [0.717, 1.165) is 23.3 Å². The number of carbonyl (C=O) groups is 1. The fourth-order valence-corrected chi connectivity index (χ4v) is 3.38. The highest BCUT2D eigenvalue weighted by Gasteiger charge is 2.38.